The molecule has 120 valence electrons. The van der Waals surface area contributed by atoms with Crippen molar-refractivity contribution >= 4 is 17.7 Å². The van der Waals surface area contributed by atoms with E-state index in [1.54, 1.807) is 13.2 Å². The van der Waals surface area contributed by atoms with Crippen LogP contribution in [0.15, 0.2) is 48.5 Å². The third kappa shape index (κ3) is 4.61. The summed E-state index contributed by atoms with van der Waals surface area (Å²) in [6.07, 6.45) is 3.22. The van der Waals surface area contributed by atoms with Crippen LogP contribution in [0.3, 0.4) is 0 Å². The van der Waals surface area contributed by atoms with Gasteiger partial charge in [-0.15, -0.1) is 0 Å². The summed E-state index contributed by atoms with van der Waals surface area (Å²) in [7, 11) is 1.58. The highest BCUT2D eigenvalue weighted by Crippen LogP contribution is 2.25. The van der Waals surface area contributed by atoms with Crippen LogP contribution in [-0.4, -0.2) is 19.6 Å². The van der Waals surface area contributed by atoms with Crippen molar-refractivity contribution in [2.45, 2.75) is 13.8 Å². The van der Waals surface area contributed by atoms with Gasteiger partial charge in [-0.1, -0.05) is 24.3 Å². The van der Waals surface area contributed by atoms with Gasteiger partial charge in [-0.05, 0) is 43.7 Å². The predicted octanol–water partition coefficient (Wildman–Crippen LogP) is 4.05. The standard InChI is InChI=1S/C19H21NO3/c1-4-23-17-8-6-5-7-15(17)10-12-19(21)20-16-13-14(2)9-11-18(16)22-3/h5-13H,4H2,1-3H3,(H,20,21). The van der Waals surface area contributed by atoms with E-state index in [1.165, 1.54) is 6.08 Å². The molecule has 0 aliphatic rings. The second-order valence-electron chi connectivity index (χ2n) is 5.00. The molecule has 0 radical (unpaired) electrons. The molecule has 4 nitrogen and oxygen atoms in total. The van der Waals surface area contributed by atoms with Gasteiger partial charge in [-0.2, -0.15) is 0 Å². The Morgan fingerprint density at radius 2 is 1.96 bits per heavy atom. The molecule has 0 atom stereocenters. The van der Waals surface area contributed by atoms with Crippen LogP contribution < -0.4 is 14.8 Å². The molecule has 0 aromatic heterocycles. The van der Waals surface area contributed by atoms with Crippen molar-refractivity contribution in [2.75, 3.05) is 19.0 Å². The maximum absolute atomic E-state index is 12.1. The number of nitrogens with one attached hydrogen (secondary N) is 1. The summed E-state index contributed by atoms with van der Waals surface area (Å²) in [5.41, 5.74) is 2.56. The van der Waals surface area contributed by atoms with Gasteiger partial charge in [0.15, 0.2) is 0 Å². The minimum Gasteiger partial charge on any atom is -0.495 e. The average Bonchev–Trinajstić information content (AvgIpc) is 2.54. The summed E-state index contributed by atoms with van der Waals surface area (Å²) < 4.78 is 10.8. The number of methoxy groups -OCH3 is 1. The lowest BCUT2D eigenvalue weighted by Crippen LogP contribution is -2.09. The number of carbonyl (C=O) groups is 1. The van der Waals surface area contributed by atoms with Crippen molar-refractivity contribution in [3.8, 4) is 11.5 Å². The Kier molecular flexibility index (Phi) is 5.80. The molecule has 0 saturated heterocycles. The van der Waals surface area contributed by atoms with Gasteiger partial charge < -0.3 is 14.8 Å². The molecular formula is C19H21NO3. The molecular weight excluding hydrogens is 290 g/mol. The molecule has 1 N–H and O–H groups in total. The molecule has 0 aliphatic carbocycles. The number of hydrogen-bond donors (Lipinski definition) is 1. The van der Waals surface area contributed by atoms with Crippen molar-refractivity contribution < 1.29 is 14.3 Å². The number of para-hydroxylation sites is 1. The largest absolute Gasteiger partial charge is 0.495 e. The zero-order valence-electron chi connectivity index (χ0n) is 13.6. The van der Waals surface area contributed by atoms with Gasteiger partial charge in [0, 0.05) is 11.6 Å². The van der Waals surface area contributed by atoms with E-state index < -0.39 is 0 Å². The Morgan fingerprint density at radius 1 is 1.17 bits per heavy atom. The van der Waals surface area contributed by atoms with E-state index in [0.29, 0.717) is 18.0 Å². The van der Waals surface area contributed by atoms with Crippen molar-refractivity contribution in [2.24, 2.45) is 0 Å². The van der Waals surface area contributed by atoms with Gasteiger partial charge in [0.1, 0.15) is 11.5 Å². The third-order valence-electron chi connectivity index (χ3n) is 3.25. The highest BCUT2D eigenvalue weighted by atomic mass is 16.5. The van der Waals surface area contributed by atoms with Crippen molar-refractivity contribution in [3.05, 3.63) is 59.7 Å². The van der Waals surface area contributed by atoms with E-state index in [0.717, 1.165) is 16.9 Å². The molecule has 23 heavy (non-hydrogen) atoms. The van der Waals surface area contributed by atoms with Crippen molar-refractivity contribution in [1.82, 2.24) is 0 Å². The Hall–Kier alpha value is -2.75. The second-order valence-corrected chi connectivity index (χ2v) is 5.00. The summed E-state index contributed by atoms with van der Waals surface area (Å²) >= 11 is 0. The zero-order chi connectivity index (χ0) is 16.7. The number of anilines is 1. The summed E-state index contributed by atoms with van der Waals surface area (Å²) in [5.74, 6) is 1.17. The maximum Gasteiger partial charge on any atom is 0.248 e. The molecule has 0 bridgehead atoms. The lowest BCUT2D eigenvalue weighted by Gasteiger charge is -2.10. The molecule has 0 heterocycles. The highest BCUT2D eigenvalue weighted by molar-refractivity contribution is 6.03. The Morgan fingerprint density at radius 3 is 2.70 bits per heavy atom. The van der Waals surface area contributed by atoms with Crippen LogP contribution in [0.2, 0.25) is 0 Å². The van der Waals surface area contributed by atoms with E-state index in [-0.39, 0.29) is 5.91 Å². The van der Waals surface area contributed by atoms with E-state index in [9.17, 15) is 4.79 Å². The number of benzene rings is 2. The lowest BCUT2D eigenvalue weighted by atomic mass is 10.2. The molecule has 0 fully saturated rings. The molecule has 1 amide bonds. The highest BCUT2D eigenvalue weighted by Gasteiger charge is 2.06. The fraction of sp³-hybridized carbons (Fsp3) is 0.211. The van der Waals surface area contributed by atoms with Crippen molar-refractivity contribution in [3.63, 3.8) is 0 Å². The Labute approximate surface area is 136 Å². The van der Waals surface area contributed by atoms with E-state index in [2.05, 4.69) is 5.32 Å². The predicted molar refractivity (Wildman–Crippen MR) is 93.0 cm³/mol. The first kappa shape index (κ1) is 16.6. The molecule has 0 unspecified atom stereocenters. The lowest BCUT2D eigenvalue weighted by molar-refractivity contribution is -0.111. The smallest absolute Gasteiger partial charge is 0.248 e. The second kappa shape index (κ2) is 8.03. The topological polar surface area (TPSA) is 47.6 Å². The zero-order valence-corrected chi connectivity index (χ0v) is 13.6. The van der Waals surface area contributed by atoms with Gasteiger partial charge in [-0.25, -0.2) is 0 Å². The average molecular weight is 311 g/mol. The summed E-state index contributed by atoms with van der Waals surface area (Å²) in [4.78, 5) is 12.1. The van der Waals surface area contributed by atoms with Crippen molar-refractivity contribution in [1.29, 1.82) is 0 Å². The van der Waals surface area contributed by atoms with Crippen LogP contribution in [0.5, 0.6) is 11.5 Å². The minimum atomic E-state index is -0.222. The number of hydrogen-bond acceptors (Lipinski definition) is 3. The first-order chi connectivity index (χ1) is 11.1. The molecule has 2 rings (SSSR count). The Bertz CT molecular complexity index is 708. The molecule has 0 spiro atoms. The monoisotopic (exact) mass is 311 g/mol. The van der Waals surface area contributed by atoms with Crippen LogP contribution in [0, 0.1) is 6.92 Å². The number of carbonyl (C=O) groups excluding carboxylic acids is 1. The fourth-order valence-corrected chi connectivity index (χ4v) is 2.16. The first-order valence-corrected chi connectivity index (χ1v) is 7.49. The maximum atomic E-state index is 12.1. The van der Waals surface area contributed by atoms with E-state index in [4.69, 9.17) is 9.47 Å². The number of ether oxygens (including phenoxy) is 2. The summed E-state index contributed by atoms with van der Waals surface area (Å²) in [5, 5.41) is 2.83. The van der Waals surface area contributed by atoms with Gasteiger partial charge >= 0.3 is 0 Å². The number of aryl methyl sites for hydroxylation is 1. The van der Waals surface area contributed by atoms with E-state index in [1.807, 2.05) is 56.3 Å². The molecule has 0 aliphatic heterocycles. The third-order valence-corrected chi connectivity index (χ3v) is 3.25. The summed E-state index contributed by atoms with van der Waals surface area (Å²) in [6.45, 7) is 4.47. The van der Waals surface area contributed by atoms with Crippen LogP contribution in [0.25, 0.3) is 6.08 Å². The van der Waals surface area contributed by atoms with Crippen LogP contribution in [0.4, 0.5) is 5.69 Å². The van der Waals surface area contributed by atoms with Gasteiger partial charge in [0.2, 0.25) is 5.91 Å². The SMILES string of the molecule is CCOc1ccccc1C=CC(=O)Nc1cc(C)ccc1OC. The minimum absolute atomic E-state index is 0.222. The molecule has 2 aromatic rings. The molecule has 2 aromatic carbocycles. The fourth-order valence-electron chi connectivity index (χ4n) is 2.16. The molecule has 0 saturated carbocycles. The normalized spacial score (nSPS) is 10.6. The molecule has 4 heteroatoms. The Balaban J connectivity index is 2.12. The quantitative estimate of drug-likeness (QED) is 0.819. The van der Waals surface area contributed by atoms with Crippen LogP contribution in [-0.2, 0) is 4.79 Å². The van der Waals surface area contributed by atoms with E-state index >= 15 is 0 Å². The number of amides is 1. The van der Waals surface area contributed by atoms with Crippen LogP contribution in [0.1, 0.15) is 18.1 Å². The van der Waals surface area contributed by atoms with Gasteiger partial charge in [-0.3, -0.25) is 4.79 Å². The first-order valence-electron chi connectivity index (χ1n) is 7.49. The van der Waals surface area contributed by atoms with Gasteiger partial charge in [0.05, 0.1) is 19.4 Å². The van der Waals surface area contributed by atoms with Gasteiger partial charge in [0.25, 0.3) is 0 Å². The summed E-state index contributed by atoms with van der Waals surface area (Å²) in [6, 6.07) is 13.2. The number of rotatable bonds is 6. The van der Waals surface area contributed by atoms with Crippen LogP contribution >= 0.6 is 0 Å².